The van der Waals surface area contributed by atoms with Crippen LogP contribution in [0.25, 0.3) is 10.9 Å². The topological polar surface area (TPSA) is 12.9 Å². The Kier molecular flexibility index (Phi) is 2.95. The second kappa shape index (κ2) is 4.25. The summed E-state index contributed by atoms with van der Waals surface area (Å²) in [5.74, 6) is 0. The molecule has 0 radical (unpaired) electrons. The van der Waals surface area contributed by atoms with Crippen molar-refractivity contribution in [2.45, 2.75) is 33.6 Å². The van der Waals surface area contributed by atoms with Gasteiger partial charge in [0.15, 0.2) is 0 Å². The summed E-state index contributed by atoms with van der Waals surface area (Å²) < 4.78 is 0. The van der Waals surface area contributed by atoms with Crippen molar-refractivity contribution in [3.05, 3.63) is 42.1 Å². The number of rotatable bonds is 3. The third kappa shape index (κ3) is 2.41. The van der Waals surface area contributed by atoms with Crippen LogP contribution in [0, 0.1) is 5.41 Å². The number of hydrogen-bond acceptors (Lipinski definition) is 1. The maximum Gasteiger partial charge on any atom is 0.0702 e. The molecule has 1 heterocycles. The van der Waals surface area contributed by atoms with Crippen molar-refractivity contribution in [2.75, 3.05) is 0 Å². The minimum absolute atomic E-state index is 0.385. The molecule has 0 bridgehead atoms. The summed E-state index contributed by atoms with van der Waals surface area (Å²) in [6, 6.07) is 10.7. The Morgan fingerprint density at radius 1 is 1.19 bits per heavy atom. The van der Waals surface area contributed by atoms with E-state index in [1.165, 1.54) is 17.4 Å². The zero-order valence-corrected chi connectivity index (χ0v) is 10.3. The van der Waals surface area contributed by atoms with E-state index in [4.69, 9.17) is 0 Å². The first kappa shape index (κ1) is 11.1. The van der Waals surface area contributed by atoms with Crippen molar-refractivity contribution in [1.29, 1.82) is 0 Å². The molecule has 2 rings (SSSR count). The van der Waals surface area contributed by atoms with Gasteiger partial charge in [-0.3, -0.25) is 4.98 Å². The first-order chi connectivity index (χ1) is 7.61. The molecule has 1 heteroatoms. The summed E-state index contributed by atoms with van der Waals surface area (Å²) in [5, 5.41) is 1.24. The van der Waals surface area contributed by atoms with Crippen molar-refractivity contribution >= 4 is 10.9 Å². The predicted octanol–water partition coefficient (Wildman–Crippen LogP) is 4.21. The van der Waals surface area contributed by atoms with Gasteiger partial charge < -0.3 is 0 Å². The number of aromatic nitrogens is 1. The SMILES string of the molecule is CCC(C)(C)Cc1ccc2ncccc2c1. The molecule has 1 aromatic heterocycles. The minimum atomic E-state index is 0.385. The maximum atomic E-state index is 4.34. The summed E-state index contributed by atoms with van der Waals surface area (Å²) in [6.07, 6.45) is 4.18. The molecule has 0 aliphatic carbocycles. The van der Waals surface area contributed by atoms with E-state index in [0.717, 1.165) is 11.9 Å². The van der Waals surface area contributed by atoms with E-state index in [1.54, 1.807) is 0 Å². The van der Waals surface area contributed by atoms with Crippen LogP contribution < -0.4 is 0 Å². The highest BCUT2D eigenvalue weighted by Crippen LogP contribution is 2.26. The van der Waals surface area contributed by atoms with E-state index >= 15 is 0 Å². The van der Waals surface area contributed by atoms with Crippen LogP contribution >= 0.6 is 0 Å². The first-order valence-corrected chi connectivity index (χ1v) is 5.94. The van der Waals surface area contributed by atoms with Gasteiger partial charge in [0, 0.05) is 11.6 Å². The van der Waals surface area contributed by atoms with Crippen LogP contribution in [0.5, 0.6) is 0 Å². The Balaban J connectivity index is 2.33. The summed E-state index contributed by atoms with van der Waals surface area (Å²) in [5.41, 5.74) is 2.88. The van der Waals surface area contributed by atoms with Crippen molar-refractivity contribution in [3.63, 3.8) is 0 Å². The van der Waals surface area contributed by atoms with E-state index in [9.17, 15) is 0 Å². The van der Waals surface area contributed by atoms with Gasteiger partial charge in [-0.2, -0.15) is 0 Å². The van der Waals surface area contributed by atoms with E-state index in [1.807, 2.05) is 12.3 Å². The second-order valence-corrected chi connectivity index (χ2v) is 5.22. The monoisotopic (exact) mass is 213 g/mol. The van der Waals surface area contributed by atoms with Crippen LogP contribution in [-0.4, -0.2) is 4.98 Å². The van der Waals surface area contributed by atoms with Crippen LogP contribution in [-0.2, 0) is 6.42 Å². The predicted molar refractivity (Wildman–Crippen MR) is 69.5 cm³/mol. The smallest absolute Gasteiger partial charge is 0.0702 e. The molecule has 0 aliphatic rings. The first-order valence-electron chi connectivity index (χ1n) is 5.94. The van der Waals surface area contributed by atoms with Gasteiger partial charge in [-0.1, -0.05) is 39.3 Å². The average molecular weight is 213 g/mol. The molecule has 1 nitrogen and oxygen atoms in total. The van der Waals surface area contributed by atoms with Crippen LogP contribution in [0.2, 0.25) is 0 Å². The van der Waals surface area contributed by atoms with Crippen molar-refractivity contribution in [1.82, 2.24) is 4.98 Å². The lowest BCUT2D eigenvalue weighted by Crippen LogP contribution is -2.13. The highest BCUT2D eigenvalue weighted by molar-refractivity contribution is 5.78. The summed E-state index contributed by atoms with van der Waals surface area (Å²) >= 11 is 0. The van der Waals surface area contributed by atoms with Crippen molar-refractivity contribution in [2.24, 2.45) is 5.41 Å². The third-order valence-electron chi connectivity index (χ3n) is 3.31. The second-order valence-electron chi connectivity index (χ2n) is 5.22. The standard InChI is InChI=1S/C15H19N/c1-4-15(2,3)11-12-7-8-14-13(10-12)6-5-9-16-14/h5-10H,4,11H2,1-3H3. The van der Waals surface area contributed by atoms with Crippen LogP contribution in [0.4, 0.5) is 0 Å². The average Bonchev–Trinajstić information content (AvgIpc) is 2.28. The molecule has 0 unspecified atom stereocenters. The van der Waals surface area contributed by atoms with Gasteiger partial charge in [0.05, 0.1) is 5.52 Å². The van der Waals surface area contributed by atoms with Gasteiger partial charge in [-0.05, 0) is 35.6 Å². The largest absolute Gasteiger partial charge is 0.256 e. The molecule has 0 amide bonds. The molecule has 0 N–H and O–H groups in total. The normalized spacial score (nSPS) is 11.9. The molecule has 0 saturated heterocycles. The molecule has 2 aromatic rings. The molecule has 0 atom stereocenters. The van der Waals surface area contributed by atoms with Gasteiger partial charge in [0.1, 0.15) is 0 Å². The summed E-state index contributed by atoms with van der Waals surface area (Å²) in [4.78, 5) is 4.34. The third-order valence-corrected chi connectivity index (χ3v) is 3.31. The Labute approximate surface area is 97.5 Å². The van der Waals surface area contributed by atoms with E-state index in [2.05, 4.69) is 50.0 Å². The lowest BCUT2D eigenvalue weighted by Gasteiger charge is -2.22. The number of hydrogen-bond donors (Lipinski definition) is 0. The lowest BCUT2D eigenvalue weighted by atomic mass is 9.83. The molecule has 0 saturated carbocycles. The van der Waals surface area contributed by atoms with Crippen molar-refractivity contribution in [3.8, 4) is 0 Å². The lowest BCUT2D eigenvalue weighted by molar-refractivity contribution is 0.349. The Hall–Kier alpha value is -1.37. The highest BCUT2D eigenvalue weighted by atomic mass is 14.6. The van der Waals surface area contributed by atoms with Crippen molar-refractivity contribution < 1.29 is 0 Å². The number of pyridine rings is 1. The Morgan fingerprint density at radius 3 is 2.75 bits per heavy atom. The molecule has 16 heavy (non-hydrogen) atoms. The fraction of sp³-hybridized carbons (Fsp3) is 0.400. The molecule has 84 valence electrons. The maximum absolute atomic E-state index is 4.34. The van der Waals surface area contributed by atoms with Gasteiger partial charge in [0.2, 0.25) is 0 Å². The van der Waals surface area contributed by atoms with Crippen LogP contribution in [0.3, 0.4) is 0 Å². The Bertz CT molecular complexity index is 486. The quantitative estimate of drug-likeness (QED) is 0.744. The highest BCUT2D eigenvalue weighted by Gasteiger charge is 2.15. The van der Waals surface area contributed by atoms with Gasteiger partial charge in [0.25, 0.3) is 0 Å². The van der Waals surface area contributed by atoms with E-state index in [0.29, 0.717) is 5.41 Å². The molecular weight excluding hydrogens is 194 g/mol. The minimum Gasteiger partial charge on any atom is -0.256 e. The van der Waals surface area contributed by atoms with E-state index in [-0.39, 0.29) is 0 Å². The number of fused-ring (bicyclic) bond motifs is 1. The fourth-order valence-corrected chi connectivity index (χ4v) is 1.91. The van der Waals surface area contributed by atoms with E-state index < -0.39 is 0 Å². The zero-order chi connectivity index (χ0) is 11.6. The van der Waals surface area contributed by atoms with Gasteiger partial charge in [-0.15, -0.1) is 0 Å². The van der Waals surface area contributed by atoms with Crippen LogP contribution in [0.1, 0.15) is 32.8 Å². The summed E-state index contributed by atoms with van der Waals surface area (Å²) in [7, 11) is 0. The molecular formula is C15H19N. The summed E-state index contributed by atoms with van der Waals surface area (Å²) in [6.45, 7) is 6.89. The molecule has 0 aliphatic heterocycles. The molecule has 0 spiro atoms. The van der Waals surface area contributed by atoms with Gasteiger partial charge >= 0.3 is 0 Å². The number of nitrogens with zero attached hydrogens (tertiary/aromatic N) is 1. The zero-order valence-electron chi connectivity index (χ0n) is 10.3. The number of benzene rings is 1. The van der Waals surface area contributed by atoms with Crippen LogP contribution in [0.15, 0.2) is 36.5 Å². The Morgan fingerprint density at radius 2 is 2.00 bits per heavy atom. The fourth-order valence-electron chi connectivity index (χ4n) is 1.91. The molecule has 0 fully saturated rings. The van der Waals surface area contributed by atoms with Gasteiger partial charge in [-0.25, -0.2) is 0 Å². The molecule has 1 aromatic carbocycles.